The molecular weight excluding hydrogens is 286 g/mol. The van der Waals surface area contributed by atoms with Crippen LogP contribution in [0.4, 0.5) is 0 Å². The van der Waals surface area contributed by atoms with Crippen molar-refractivity contribution in [2.75, 3.05) is 0 Å². The van der Waals surface area contributed by atoms with Gasteiger partial charge in [0.2, 0.25) is 0 Å². The Labute approximate surface area is 128 Å². The second-order valence-electron chi connectivity index (χ2n) is 4.86. The van der Waals surface area contributed by atoms with Crippen molar-refractivity contribution in [3.8, 4) is 5.75 Å². The quantitative estimate of drug-likeness (QED) is 0.886. The molecule has 2 aromatic rings. The van der Waals surface area contributed by atoms with Crippen LogP contribution in [0.2, 0.25) is 0 Å². The molecular formula is C16H20NO3S-. The third-order valence-corrected chi connectivity index (χ3v) is 2.71. The van der Waals surface area contributed by atoms with Gasteiger partial charge in [0.1, 0.15) is 12.4 Å². The van der Waals surface area contributed by atoms with Crippen molar-refractivity contribution < 1.29 is 13.5 Å². The van der Waals surface area contributed by atoms with Gasteiger partial charge in [0, 0.05) is 11.3 Å². The topological polar surface area (TPSA) is 75.4 Å². The molecule has 0 spiro atoms. The van der Waals surface area contributed by atoms with Crippen molar-refractivity contribution in [2.24, 2.45) is 5.14 Å². The van der Waals surface area contributed by atoms with E-state index >= 15 is 0 Å². The van der Waals surface area contributed by atoms with Crippen LogP contribution in [0.25, 0.3) is 0 Å². The van der Waals surface area contributed by atoms with Crippen molar-refractivity contribution in [1.29, 1.82) is 0 Å². The van der Waals surface area contributed by atoms with Gasteiger partial charge in [-0.1, -0.05) is 47.0 Å². The second-order valence-corrected chi connectivity index (χ2v) is 5.38. The van der Waals surface area contributed by atoms with Gasteiger partial charge in [-0.05, 0) is 38.5 Å². The van der Waals surface area contributed by atoms with Gasteiger partial charge < -0.3 is 9.29 Å². The zero-order valence-corrected chi connectivity index (χ0v) is 13.3. The average molecular weight is 306 g/mol. The SMILES string of the molecule is Cc1ccc(OCc2cc(C)cc(C)c2)cc1.NS(=O)[O-]. The van der Waals surface area contributed by atoms with Crippen LogP contribution in [0, 0.1) is 20.8 Å². The van der Waals surface area contributed by atoms with E-state index in [-0.39, 0.29) is 0 Å². The fraction of sp³-hybridized carbons (Fsp3) is 0.250. The molecule has 2 rings (SSSR count). The van der Waals surface area contributed by atoms with Crippen LogP contribution in [-0.2, 0) is 17.9 Å². The molecule has 0 aliphatic carbocycles. The molecule has 0 amide bonds. The van der Waals surface area contributed by atoms with Crippen LogP contribution in [0.5, 0.6) is 5.75 Å². The predicted molar refractivity (Wildman–Crippen MR) is 84.5 cm³/mol. The molecule has 0 bridgehead atoms. The van der Waals surface area contributed by atoms with Crippen LogP contribution >= 0.6 is 0 Å². The van der Waals surface area contributed by atoms with Gasteiger partial charge in [-0.25, -0.2) is 0 Å². The first-order chi connectivity index (χ1) is 9.86. The van der Waals surface area contributed by atoms with Gasteiger partial charge in [-0.15, -0.1) is 0 Å². The highest BCUT2D eigenvalue weighted by atomic mass is 32.2. The van der Waals surface area contributed by atoms with E-state index in [4.69, 9.17) is 13.5 Å². The van der Waals surface area contributed by atoms with E-state index in [0.29, 0.717) is 6.61 Å². The molecule has 0 radical (unpaired) electrons. The molecule has 0 fully saturated rings. The molecule has 2 aromatic carbocycles. The van der Waals surface area contributed by atoms with E-state index in [0.717, 1.165) is 5.75 Å². The van der Waals surface area contributed by atoms with Gasteiger partial charge in [0.25, 0.3) is 0 Å². The molecule has 2 N–H and O–H groups in total. The fourth-order valence-electron chi connectivity index (χ4n) is 1.95. The van der Waals surface area contributed by atoms with Gasteiger partial charge in [-0.2, -0.15) is 0 Å². The zero-order chi connectivity index (χ0) is 15.8. The number of nitrogens with two attached hydrogens (primary N) is 1. The lowest BCUT2D eigenvalue weighted by atomic mass is 10.1. The van der Waals surface area contributed by atoms with Crippen molar-refractivity contribution in [3.63, 3.8) is 0 Å². The van der Waals surface area contributed by atoms with Gasteiger partial charge >= 0.3 is 0 Å². The zero-order valence-electron chi connectivity index (χ0n) is 12.5. The normalized spacial score (nSPS) is 11.3. The van der Waals surface area contributed by atoms with Crippen LogP contribution in [-0.4, -0.2) is 8.76 Å². The highest BCUT2D eigenvalue weighted by Gasteiger charge is 1.98. The Balaban J connectivity index is 0.000000491. The molecule has 0 aromatic heterocycles. The predicted octanol–water partition coefficient (Wildman–Crippen LogP) is 2.93. The van der Waals surface area contributed by atoms with E-state index in [9.17, 15) is 0 Å². The summed E-state index contributed by atoms with van der Waals surface area (Å²) < 4.78 is 23.3. The Kier molecular flexibility index (Phi) is 7.08. The standard InChI is InChI=1S/C16H18O.H3NO2S/c1-12-4-6-16(7-5-12)17-11-15-9-13(2)8-14(3)10-15;1-4(2)3/h4-10H,11H2,1-3H3;1H2,(H,2,3)/p-1. The highest BCUT2D eigenvalue weighted by Crippen LogP contribution is 2.15. The molecule has 4 nitrogen and oxygen atoms in total. The number of aryl methyl sites for hydroxylation is 3. The van der Waals surface area contributed by atoms with E-state index in [2.05, 4.69) is 56.2 Å². The molecule has 0 aliphatic heterocycles. The van der Waals surface area contributed by atoms with Crippen molar-refractivity contribution in [2.45, 2.75) is 27.4 Å². The minimum atomic E-state index is -2.36. The monoisotopic (exact) mass is 306 g/mol. The molecule has 1 atom stereocenters. The first-order valence-electron chi connectivity index (χ1n) is 6.47. The van der Waals surface area contributed by atoms with E-state index in [1.165, 1.54) is 22.3 Å². The summed E-state index contributed by atoms with van der Waals surface area (Å²) in [6, 6.07) is 14.7. The summed E-state index contributed by atoms with van der Waals surface area (Å²) in [7, 11) is 0. The first-order valence-corrected chi connectivity index (χ1v) is 7.61. The third kappa shape index (κ3) is 7.60. The Bertz CT molecular complexity index is 573. The minimum absolute atomic E-state index is 0.631. The first kappa shape index (κ1) is 17.4. The van der Waals surface area contributed by atoms with Crippen LogP contribution in [0.1, 0.15) is 22.3 Å². The summed E-state index contributed by atoms with van der Waals surface area (Å²) in [6.45, 7) is 6.93. The Morgan fingerprint density at radius 3 is 1.95 bits per heavy atom. The Hall–Kier alpha value is -1.69. The van der Waals surface area contributed by atoms with E-state index in [1.54, 1.807) is 0 Å². The molecule has 0 heterocycles. The molecule has 0 saturated heterocycles. The summed E-state index contributed by atoms with van der Waals surface area (Å²) in [6.07, 6.45) is 0. The van der Waals surface area contributed by atoms with Gasteiger partial charge in [0.15, 0.2) is 0 Å². The van der Waals surface area contributed by atoms with Crippen molar-refractivity contribution in [3.05, 3.63) is 64.7 Å². The lowest BCUT2D eigenvalue weighted by molar-refractivity contribution is 0.306. The van der Waals surface area contributed by atoms with Crippen LogP contribution in [0.3, 0.4) is 0 Å². The Morgan fingerprint density at radius 2 is 1.48 bits per heavy atom. The number of rotatable bonds is 3. The maximum absolute atomic E-state index is 8.78. The van der Waals surface area contributed by atoms with E-state index in [1.807, 2.05) is 12.1 Å². The lowest BCUT2D eigenvalue weighted by Gasteiger charge is -2.08. The summed E-state index contributed by atoms with van der Waals surface area (Å²) in [4.78, 5) is 0. The van der Waals surface area contributed by atoms with E-state index < -0.39 is 11.3 Å². The lowest BCUT2D eigenvalue weighted by Crippen LogP contribution is -1.97. The summed E-state index contributed by atoms with van der Waals surface area (Å²) in [5.74, 6) is 0.926. The molecule has 0 aliphatic rings. The Morgan fingerprint density at radius 1 is 1.00 bits per heavy atom. The van der Waals surface area contributed by atoms with Crippen molar-refractivity contribution in [1.82, 2.24) is 0 Å². The number of benzene rings is 2. The highest BCUT2D eigenvalue weighted by molar-refractivity contribution is 7.76. The summed E-state index contributed by atoms with van der Waals surface area (Å²) in [5.41, 5.74) is 5.05. The average Bonchev–Trinajstić information content (AvgIpc) is 2.36. The van der Waals surface area contributed by atoms with Crippen LogP contribution < -0.4 is 9.88 Å². The van der Waals surface area contributed by atoms with Crippen LogP contribution in [0.15, 0.2) is 42.5 Å². The van der Waals surface area contributed by atoms with Crippen molar-refractivity contribution >= 4 is 11.3 Å². The second kappa shape index (κ2) is 8.56. The maximum atomic E-state index is 8.78. The summed E-state index contributed by atoms with van der Waals surface area (Å²) in [5, 5.41) is 4.03. The smallest absolute Gasteiger partial charge is 0.119 e. The number of hydrogen-bond acceptors (Lipinski definition) is 3. The summed E-state index contributed by atoms with van der Waals surface area (Å²) >= 11 is -2.36. The molecule has 0 saturated carbocycles. The molecule has 21 heavy (non-hydrogen) atoms. The maximum Gasteiger partial charge on any atom is 0.119 e. The number of ether oxygens (including phenoxy) is 1. The fourth-order valence-corrected chi connectivity index (χ4v) is 1.95. The third-order valence-electron chi connectivity index (χ3n) is 2.71. The minimum Gasteiger partial charge on any atom is -0.760 e. The van der Waals surface area contributed by atoms with Gasteiger partial charge in [-0.3, -0.25) is 9.35 Å². The number of hydrogen-bond donors (Lipinski definition) is 1. The van der Waals surface area contributed by atoms with Gasteiger partial charge in [0.05, 0.1) is 0 Å². The molecule has 1 unspecified atom stereocenters. The molecule has 5 heteroatoms. The largest absolute Gasteiger partial charge is 0.760 e. The molecule has 114 valence electrons.